The third-order valence-corrected chi connectivity index (χ3v) is 5.89. The largest absolute Gasteiger partial charge is 0.507 e. The second kappa shape index (κ2) is 10.4. The number of hydrogen-bond donors (Lipinski definition) is 6. The number of aliphatic carboxylic acids is 1. The van der Waals surface area contributed by atoms with Gasteiger partial charge in [-0.1, -0.05) is 0 Å². The summed E-state index contributed by atoms with van der Waals surface area (Å²) in [5.74, 6) is -3.81. The number of fused-ring (bicyclic) bond motifs is 1. The molecule has 0 bridgehead atoms. The van der Waals surface area contributed by atoms with Crippen LogP contribution < -0.4 is 10.2 Å². The standard InChI is InChI=1S/C24H22O14/c25-10-1-3-24(34,4-2-10)12-8-35-14-6-11(5-13(26)18(14)19(12)30)37-23-22(33)21(32)20(31)15(38-23)9-36-17(29)7-16(27)28/h1-6,8,15,20-23,26,31-34H,7,9H2,(H,27,28)/t15-,20-,21+,22-,23-/m1/s1. The summed E-state index contributed by atoms with van der Waals surface area (Å²) < 4.78 is 21.0. The maximum absolute atomic E-state index is 13.0. The molecule has 2 aliphatic rings. The number of hydrogen-bond acceptors (Lipinski definition) is 13. The van der Waals surface area contributed by atoms with Crippen molar-refractivity contribution in [3.8, 4) is 11.5 Å². The fourth-order valence-electron chi connectivity index (χ4n) is 3.90. The van der Waals surface area contributed by atoms with E-state index in [4.69, 9.17) is 23.7 Å². The van der Waals surface area contributed by atoms with Gasteiger partial charge in [-0.2, -0.15) is 0 Å². The van der Waals surface area contributed by atoms with Crippen molar-refractivity contribution < 1.29 is 63.7 Å². The van der Waals surface area contributed by atoms with Crippen LogP contribution in [-0.4, -0.2) is 85.7 Å². The van der Waals surface area contributed by atoms with E-state index in [-0.39, 0.29) is 22.3 Å². The average molecular weight is 534 g/mol. The average Bonchev–Trinajstić information content (AvgIpc) is 2.85. The van der Waals surface area contributed by atoms with E-state index in [1.54, 1.807) is 0 Å². The van der Waals surface area contributed by atoms with E-state index in [9.17, 15) is 44.7 Å². The van der Waals surface area contributed by atoms with Crippen LogP contribution in [0.25, 0.3) is 11.0 Å². The Balaban J connectivity index is 1.57. The molecule has 202 valence electrons. The van der Waals surface area contributed by atoms with Gasteiger partial charge >= 0.3 is 11.9 Å². The van der Waals surface area contributed by atoms with Crippen LogP contribution in [0.1, 0.15) is 12.0 Å². The Hall–Kier alpha value is -4.08. The fraction of sp³-hybridized carbons (Fsp3) is 0.333. The summed E-state index contributed by atoms with van der Waals surface area (Å²) in [7, 11) is 0. The molecule has 0 unspecified atom stereocenters. The van der Waals surface area contributed by atoms with Crippen LogP contribution in [0.5, 0.6) is 11.5 Å². The molecule has 1 saturated heterocycles. The number of carbonyl (C=O) groups is 3. The highest BCUT2D eigenvalue weighted by molar-refractivity contribution is 6.00. The summed E-state index contributed by atoms with van der Waals surface area (Å²) in [5, 5.41) is 60.2. The quantitative estimate of drug-likeness (QED) is 0.177. The molecule has 1 aliphatic carbocycles. The van der Waals surface area contributed by atoms with Crippen LogP contribution in [0.15, 0.2) is 51.9 Å². The molecule has 14 nitrogen and oxygen atoms in total. The normalized spacial score (nSPS) is 26.3. The summed E-state index contributed by atoms with van der Waals surface area (Å²) in [6, 6.07) is 2.12. The molecule has 38 heavy (non-hydrogen) atoms. The number of benzene rings is 1. The number of allylic oxidation sites excluding steroid dienone is 2. The number of aliphatic hydroxyl groups excluding tert-OH is 3. The van der Waals surface area contributed by atoms with Gasteiger partial charge in [-0.25, -0.2) is 0 Å². The number of phenolic OH excluding ortho intramolecular Hbond substituents is 1. The number of carbonyl (C=O) groups excluding carboxylic acids is 2. The number of ketones is 1. The smallest absolute Gasteiger partial charge is 0.317 e. The highest BCUT2D eigenvalue weighted by Crippen LogP contribution is 2.33. The Bertz CT molecular complexity index is 1370. The van der Waals surface area contributed by atoms with Gasteiger partial charge < -0.3 is 49.3 Å². The molecule has 4 rings (SSSR count). The SMILES string of the molecule is O=C1C=CC(O)(c2coc3cc(O[C@@H]4O[C@H](COC(=O)CC(=O)O)[C@@H](O)[C@H](O)[C@H]4O)cc(O)c3c2=O)C=C1. The number of phenols is 1. The van der Waals surface area contributed by atoms with E-state index in [0.29, 0.717) is 0 Å². The predicted molar refractivity (Wildman–Crippen MR) is 122 cm³/mol. The topological polar surface area (TPSA) is 230 Å². The molecular weight excluding hydrogens is 512 g/mol. The summed E-state index contributed by atoms with van der Waals surface area (Å²) in [4.78, 5) is 46.5. The van der Waals surface area contributed by atoms with Crippen molar-refractivity contribution >= 4 is 28.7 Å². The minimum absolute atomic E-state index is 0.192. The molecular formula is C24H22O14. The van der Waals surface area contributed by atoms with Gasteiger partial charge in [-0.05, 0) is 24.3 Å². The van der Waals surface area contributed by atoms with E-state index in [1.165, 1.54) is 0 Å². The summed E-state index contributed by atoms with van der Waals surface area (Å²) in [5.41, 5.74) is -3.23. The number of carboxylic acids is 1. The second-order valence-corrected chi connectivity index (χ2v) is 8.57. The highest BCUT2D eigenvalue weighted by atomic mass is 16.7. The summed E-state index contributed by atoms with van der Waals surface area (Å²) in [6.45, 7) is -0.672. The summed E-state index contributed by atoms with van der Waals surface area (Å²) in [6.07, 6.45) is -4.13. The Morgan fingerprint density at radius 3 is 2.37 bits per heavy atom. The molecule has 0 saturated carbocycles. The maximum Gasteiger partial charge on any atom is 0.317 e. The van der Waals surface area contributed by atoms with Gasteiger partial charge in [0.25, 0.3) is 0 Å². The molecule has 2 aromatic rings. The van der Waals surface area contributed by atoms with Crippen molar-refractivity contribution in [3.63, 3.8) is 0 Å². The predicted octanol–water partition coefficient (Wildman–Crippen LogP) is -1.41. The Morgan fingerprint density at radius 1 is 1.03 bits per heavy atom. The zero-order valence-electron chi connectivity index (χ0n) is 19.3. The van der Waals surface area contributed by atoms with Gasteiger partial charge in [0.2, 0.25) is 11.7 Å². The first-order valence-corrected chi connectivity index (χ1v) is 11.1. The maximum atomic E-state index is 13.0. The first kappa shape index (κ1) is 27.0. The minimum atomic E-state index is -1.95. The third kappa shape index (κ3) is 5.29. The molecule has 1 aromatic carbocycles. The lowest BCUT2D eigenvalue weighted by Crippen LogP contribution is -2.60. The number of rotatable bonds is 7. The van der Waals surface area contributed by atoms with Gasteiger partial charge in [-0.15, -0.1) is 0 Å². The Morgan fingerprint density at radius 2 is 1.71 bits per heavy atom. The molecule has 2 heterocycles. The van der Waals surface area contributed by atoms with Crippen LogP contribution in [0.3, 0.4) is 0 Å². The zero-order valence-corrected chi connectivity index (χ0v) is 19.3. The monoisotopic (exact) mass is 534 g/mol. The molecule has 5 atom stereocenters. The van der Waals surface area contributed by atoms with Crippen LogP contribution in [-0.2, 0) is 29.5 Å². The van der Waals surface area contributed by atoms with Gasteiger partial charge in [0.1, 0.15) is 71.8 Å². The lowest BCUT2D eigenvalue weighted by Gasteiger charge is -2.39. The van der Waals surface area contributed by atoms with Crippen LogP contribution in [0.2, 0.25) is 0 Å². The molecule has 1 aromatic heterocycles. The Kier molecular flexibility index (Phi) is 7.35. The second-order valence-electron chi connectivity index (χ2n) is 8.57. The van der Waals surface area contributed by atoms with Crippen molar-refractivity contribution in [2.24, 2.45) is 0 Å². The van der Waals surface area contributed by atoms with E-state index in [0.717, 1.165) is 42.7 Å². The number of esters is 1. The zero-order chi connectivity index (χ0) is 27.8. The first-order chi connectivity index (χ1) is 17.9. The van der Waals surface area contributed by atoms with Crippen molar-refractivity contribution in [2.75, 3.05) is 6.61 Å². The molecule has 1 aliphatic heterocycles. The lowest BCUT2D eigenvalue weighted by molar-refractivity contribution is -0.278. The van der Waals surface area contributed by atoms with Crippen molar-refractivity contribution in [2.45, 2.75) is 42.7 Å². The summed E-state index contributed by atoms with van der Waals surface area (Å²) >= 11 is 0. The van der Waals surface area contributed by atoms with Gasteiger partial charge in [0.05, 0.1) is 5.56 Å². The van der Waals surface area contributed by atoms with E-state index < -0.39 is 78.2 Å². The molecule has 1 fully saturated rings. The Labute approximate surface area is 212 Å². The van der Waals surface area contributed by atoms with E-state index in [2.05, 4.69) is 0 Å². The van der Waals surface area contributed by atoms with Crippen LogP contribution >= 0.6 is 0 Å². The van der Waals surface area contributed by atoms with Crippen molar-refractivity contribution in [3.05, 3.63) is 58.5 Å². The minimum Gasteiger partial charge on any atom is -0.507 e. The molecule has 0 radical (unpaired) electrons. The first-order valence-electron chi connectivity index (χ1n) is 11.1. The van der Waals surface area contributed by atoms with Gasteiger partial charge in [0, 0.05) is 12.1 Å². The molecule has 0 spiro atoms. The van der Waals surface area contributed by atoms with Crippen LogP contribution in [0, 0.1) is 0 Å². The van der Waals surface area contributed by atoms with Crippen molar-refractivity contribution in [1.82, 2.24) is 0 Å². The number of carboxylic acid groups (broad SMARTS) is 1. The highest BCUT2D eigenvalue weighted by Gasteiger charge is 2.45. The lowest BCUT2D eigenvalue weighted by atomic mass is 9.90. The molecule has 6 N–H and O–H groups in total. The van der Waals surface area contributed by atoms with Gasteiger partial charge in [0.15, 0.2) is 5.78 Å². The third-order valence-electron chi connectivity index (χ3n) is 5.89. The van der Waals surface area contributed by atoms with E-state index in [1.807, 2.05) is 0 Å². The molecule has 14 heteroatoms. The number of ether oxygens (including phenoxy) is 3. The van der Waals surface area contributed by atoms with E-state index >= 15 is 0 Å². The number of aromatic hydroxyl groups is 1. The van der Waals surface area contributed by atoms with Gasteiger partial charge in [-0.3, -0.25) is 19.2 Å². The fourth-order valence-corrected chi connectivity index (χ4v) is 3.90. The van der Waals surface area contributed by atoms with Crippen LogP contribution in [0.4, 0.5) is 0 Å². The number of aliphatic hydroxyl groups is 4. The van der Waals surface area contributed by atoms with Crippen molar-refractivity contribution in [1.29, 1.82) is 0 Å². The molecule has 0 amide bonds.